The fourth-order valence-electron chi connectivity index (χ4n) is 4.35. The van der Waals surface area contributed by atoms with Gasteiger partial charge in [0.15, 0.2) is 0 Å². The predicted molar refractivity (Wildman–Crippen MR) is 133 cm³/mol. The van der Waals surface area contributed by atoms with Crippen molar-refractivity contribution in [2.45, 2.75) is 26.2 Å². The molecule has 2 nitrogen and oxygen atoms in total. The molecule has 1 aliphatic heterocycles. The first-order valence-corrected chi connectivity index (χ1v) is 10.9. The number of nitrogens with zero attached hydrogens (tertiary/aromatic N) is 2. The summed E-state index contributed by atoms with van der Waals surface area (Å²) in [4.78, 5) is 4.83. The second-order valence-electron chi connectivity index (χ2n) is 9.17. The van der Waals surface area contributed by atoms with Gasteiger partial charge in [-0.25, -0.2) is 0 Å². The van der Waals surface area contributed by atoms with Crippen LogP contribution in [0.1, 0.15) is 26.3 Å². The molecular formula is C29H28N2. The van der Waals surface area contributed by atoms with Crippen LogP contribution < -0.4 is 9.80 Å². The molecule has 0 atom stereocenters. The molecule has 2 heteroatoms. The molecule has 0 fully saturated rings. The zero-order chi connectivity index (χ0) is 21.4. The third kappa shape index (κ3) is 3.59. The van der Waals surface area contributed by atoms with E-state index in [9.17, 15) is 0 Å². The molecule has 1 aliphatic rings. The third-order valence-electron chi connectivity index (χ3n) is 6.07. The summed E-state index contributed by atoms with van der Waals surface area (Å²) in [7, 11) is 0. The van der Waals surface area contributed by atoms with Crippen LogP contribution in [0.5, 0.6) is 0 Å². The second kappa shape index (κ2) is 7.63. The van der Waals surface area contributed by atoms with Gasteiger partial charge in [-0.3, -0.25) is 0 Å². The lowest BCUT2D eigenvalue weighted by Gasteiger charge is -2.25. The van der Waals surface area contributed by atoms with Crippen LogP contribution in [0.2, 0.25) is 0 Å². The van der Waals surface area contributed by atoms with Crippen molar-refractivity contribution in [3.8, 4) is 11.1 Å². The molecular weight excluding hydrogens is 376 g/mol. The molecule has 0 N–H and O–H groups in total. The van der Waals surface area contributed by atoms with Gasteiger partial charge in [0.25, 0.3) is 0 Å². The van der Waals surface area contributed by atoms with E-state index in [-0.39, 0.29) is 5.41 Å². The van der Waals surface area contributed by atoms with Gasteiger partial charge in [-0.05, 0) is 46.9 Å². The van der Waals surface area contributed by atoms with E-state index < -0.39 is 0 Å². The zero-order valence-corrected chi connectivity index (χ0v) is 18.4. The topological polar surface area (TPSA) is 6.48 Å². The van der Waals surface area contributed by atoms with Crippen molar-refractivity contribution in [1.82, 2.24) is 0 Å². The third-order valence-corrected chi connectivity index (χ3v) is 6.07. The monoisotopic (exact) mass is 404 g/mol. The molecule has 0 spiro atoms. The van der Waals surface area contributed by atoms with Crippen molar-refractivity contribution in [1.29, 1.82) is 0 Å². The van der Waals surface area contributed by atoms with Crippen molar-refractivity contribution in [3.05, 3.63) is 109 Å². The van der Waals surface area contributed by atoms with E-state index >= 15 is 0 Å². The van der Waals surface area contributed by atoms with E-state index in [2.05, 4.69) is 134 Å². The Hall–Kier alpha value is -3.52. The van der Waals surface area contributed by atoms with Crippen LogP contribution >= 0.6 is 0 Å². The average Bonchev–Trinajstić information content (AvgIpc) is 3.19. The molecule has 4 aromatic rings. The van der Waals surface area contributed by atoms with Gasteiger partial charge in [-0.2, -0.15) is 0 Å². The van der Waals surface area contributed by atoms with Gasteiger partial charge in [0.2, 0.25) is 0 Å². The van der Waals surface area contributed by atoms with Crippen LogP contribution in [0.25, 0.3) is 11.1 Å². The first kappa shape index (κ1) is 19.4. The minimum absolute atomic E-state index is 0.155. The molecule has 0 saturated heterocycles. The largest absolute Gasteiger partial charge is 0.321 e. The van der Waals surface area contributed by atoms with Crippen LogP contribution in [0, 0.1) is 0 Å². The fraction of sp³-hybridized carbons (Fsp3) is 0.172. The Balaban J connectivity index is 1.57. The molecule has 0 aliphatic carbocycles. The first-order valence-electron chi connectivity index (χ1n) is 10.9. The molecule has 0 unspecified atom stereocenters. The highest BCUT2D eigenvalue weighted by Crippen LogP contribution is 2.46. The Kier molecular flexibility index (Phi) is 4.78. The molecule has 0 radical (unpaired) electrons. The highest BCUT2D eigenvalue weighted by Gasteiger charge is 2.29. The number of benzene rings is 4. The van der Waals surface area contributed by atoms with E-state index in [1.807, 2.05) is 0 Å². The minimum atomic E-state index is 0.155. The van der Waals surface area contributed by atoms with Crippen molar-refractivity contribution in [3.63, 3.8) is 0 Å². The lowest BCUT2D eigenvalue weighted by molar-refractivity contribution is 0.590. The summed E-state index contributed by atoms with van der Waals surface area (Å²) < 4.78 is 0. The molecule has 0 bridgehead atoms. The minimum Gasteiger partial charge on any atom is -0.321 e. The predicted octanol–water partition coefficient (Wildman–Crippen LogP) is 7.90. The number of rotatable bonds is 3. The van der Waals surface area contributed by atoms with Gasteiger partial charge in [-0.1, -0.05) is 93.6 Å². The summed E-state index contributed by atoms with van der Waals surface area (Å²) in [5.74, 6) is 0. The number of para-hydroxylation sites is 3. The smallest absolute Gasteiger partial charge is 0.100 e. The lowest BCUT2D eigenvalue weighted by atomic mass is 9.87. The standard InChI is InChI=1S/C29H28N2/c1-29(2,3)23-17-19-24(20-18-23)30-21-31(28-16-10-9-15-27(28)30)26-14-8-7-13-25(26)22-11-5-4-6-12-22/h4-20H,21H2,1-3H3. The van der Waals surface area contributed by atoms with E-state index in [4.69, 9.17) is 0 Å². The molecule has 4 aromatic carbocycles. The van der Waals surface area contributed by atoms with Crippen LogP contribution in [-0.4, -0.2) is 6.67 Å². The molecule has 0 amide bonds. The Morgan fingerprint density at radius 3 is 1.74 bits per heavy atom. The molecule has 31 heavy (non-hydrogen) atoms. The Labute approximate surface area is 185 Å². The molecule has 1 heterocycles. The van der Waals surface area contributed by atoms with Crippen molar-refractivity contribution in [2.75, 3.05) is 16.5 Å². The summed E-state index contributed by atoms with van der Waals surface area (Å²) in [6.07, 6.45) is 0. The highest BCUT2D eigenvalue weighted by molar-refractivity contribution is 5.91. The number of hydrogen-bond acceptors (Lipinski definition) is 2. The molecule has 154 valence electrons. The normalized spacial score (nSPS) is 13.4. The molecule has 0 aromatic heterocycles. The van der Waals surface area contributed by atoms with Crippen molar-refractivity contribution >= 4 is 22.7 Å². The lowest BCUT2D eigenvalue weighted by Crippen LogP contribution is -2.24. The number of anilines is 4. The quantitative estimate of drug-likeness (QED) is 0.342. The van der Waals surface area contributed by atoms with Gasteiger partial charge in [0, 0.05) is 11.3 Å². The SMILES string of the molecule is CC(C)(C)c1ccc(N2CN(c3ccccc3-c3ccccc3)c3ccccc32)cc1. The van der Waals surface area contributed by atoms with Crippen LogP contribution in [-0.2, 0) is 5.41 Å². The molecule has 5 rings (SSSR count). The van der Waals surface area contributed by atoms with E-state index in [1.54, 1.807) is 0 Å². The number of hydrogen-bond donors (Lipinski definition) is 0. The van der Waals surface area contributed by atoms with Crippen LogP contribution in [0.4, 0.5) is 22.7 Å². The maximum absolute atomic E-state index is 2.43. The second-order valence-corrected chi connectivity index (χ2v) is 9.17. The Morgan fingerprint density at radius 2 is 1.10 bits per heavy atom. The summed E-state index contributed by atoms with van der Waals surface area (Å²) in [6, 6.07) is 37.1. The van der Waals surface area contributed by atoms with E-state index in [1.165, 1.54) is 39.4 Å². The highest BCUT2D eigenvalue weighted by atomic mass is 15.4. The van der Waals surface area contributed by atoms with Crippen molar-refractivity contribution in [2.24, 2.45) is 0 Å². The van der Waals surface area contributed by atoms with Crippen molar-refractivity contribution < 1.29 is 0 Å². The first-order chi connectivity index (χ1) is 15.0. The number of fused-ring (bicyclic) bond motifs is 1. The van der Waals surface area contributed by atoms with Crippen LogP contribution in [0.3, 0.4) is 0 Å². The Bertz CT molecular complexity index is 1190. The molecule has 0 saturated carbocycles. The van der Waals surface area contributed by atoms with Gasteiger partial charge in [-0.15, -0.1) is 0 Å². The van der Waals surface area contributed by atoms with Gasteiger partial charge >= 0.3 is 0 Å². The fourth-order valence-corrected chi connectivity index (χ4v) is 4.35. The maximum atomic E-state index is 2.43. The summed E-state index contributed by atoms with van der Waals surface area (Å²) >= 11 is 0. The Morgan fingerprint density at radius 1 is 0.548 bits per heavy atom. The summed E-state index contributed by atoms with van der Waals surface area (Å²) in [5.41, 5.74) is 8.94. The summed E-state index contributed by atoms with van der Waals surface area (Å²) in [5, 5.41) is 0. The van der Waals surface area contributed by atoms with Gasteiger partial charge in [0.05, 0.1) is 17.1 Å². The van der Waals surface area contributed by atoms with Gasteiger partial charge in [0.1, 0.15) is 6.67 Å². The zero-order valence-electron chi connectivity index (χ0n) is 18.4. The van der Waals surface area contributed by atoms with Crippen LogP contribution in [0.15, 0.2) is 103 Å². The summed E-state index contributed by atoms with van der Waals surface area (Å²) in [6.45, 7) is 7.57. The van der Waals surface area contributed by atoms with E-state index in [0.29, 0.717) is 0 Å². The van der Waals surface area contributed by atoms with Gasteiger partial charge < -0.3 is 9.80 Å². The maximum Gasteiger partial charge on any atom is 0.100 e. The van der Waals surface area contributed by atoms with E-state index in [0.717, 1.165) is 6.67 Å². The average molecular weight is 405 g/mol.